The molecule has 0 spiro atoms. The van der Waals surface area contributed by atoms with Crippen molar-refractivity contribution in [2.75, 3.05) is 24.2 Å². The molecular weight excluding hydrogens is 290 g/mol. The fourth-order valence-corrected chi connectivity index (χ4v) is 3.47. The van der Waals surface area contributed by atoms with Gasteiger partial charge in [-0.1, -0.05) is 18.2 Å². The lowest BCUT2D eigenvalue weighted by molar-refractivity contribution is 0.238. The predicted octanol–water partition coefficient (Wildman–Crippen LogP) is 1.62. The van der Waals surface area contributed by atoms with Crippen LogP contribution in [0.2, 0.25) is 0 Å². The number of amides is 2. The number of nitrogens with one attached hydrogen (secondary N) is 2. The predicted molar refractivity (Wildman–Crippen MR) is 82.7 cm³/mol. The van der Waals surface area contributed by atoms with Crippen LogP contribution in [0.5, 0.6) is 0 Å². The quantitative estimate of drug-likeness (QED) is 0.887. The van der Waals surface area contributed by atoms with Gasteiger partial charge in [-0.15, -0.1) is 0 Å². The largest absolute Gasteiger partial charge is 0.335 e. The molecule has 2 rings (SSSR count). The maximum absolute atomic E-state index is 11.9. The van der Waals surface area contributed by atoms with Crippen molar-refractivity contribution >= 4 is 21.7 Å². The first kappa shape index (κ1) is 15.8. The van der Waals surface area contributed by atoms with Crippen LogP contribution in [0.4, 0.5) is 10.5 Å². The fourth-order valence-electron chi connectivity index (χ4n) is 2.33. The number of carbonyl (C=O) groups excluding carboxylic acids is 1. The SMILES string of the molecule is CCS(=O)(=O)N1CCC(NC(=O)Nc2ccccc2)CC1. The molecule has 0 unspecified atom stereocenters. The van der Waals surface area contributed by atoms with E-state index in [-0.39, 0.29) is 17.8 Å². The van der Waals surface area contributed by atoms with Crippen molar-refractivity contribution in [3.8, 4) is 0 Å². The van der Waals surface area contributed by atoms with Gasteiger partial charge in [0.15, 0.2) is 0 Å². The standard InChI is InChI=1S/C14H21N3O3S/c1-2-21(19,20)17-10-8-13(9-11-17)16-14(18)15-12-6-4-3-5-7-12/h3-7,13H,2,8-11H2,1H3,(H2,15,16,18). The van der Waals surface area contributed by atoms with Gasteiger partial charge in [0.25, 0.3) is 0 Å². The Labute approximate surface area is 125 Å². The maximum atomic E-state index is 11.9. The Morgan fingerprint density at radius 1 is 1.24 bits per heavy atom. The van der Waals surface area contributed by atoms with Gasteiger partial charge in [0.1, 0.15) is 0 Å². The van der Waals surface area contributed by atoms with Crippen molar-refractivity contribution in [1.82, 2.24) is 9.62 Å². The Morgan fingerprint density at radius 3 is 2.43 bits per heavy atom. The zero-order chi connectivity index (χ0) is 15.3. The molecule has 2 N–H and O–H groups in total. The minimum Gasteiger partial charge on any atom is -0.335 e. The van der Waals surface area contributed by atoms with Crippen LogP contribution in [0.3, 0.4) is 0 Å². The smallest absolute Gasteiger partial charge is 0.319 e. The van der Waals surface area contributed by atoms with Crippen LogP contribution in [0.1, 0.15) is 19.8 Å². The Kier molecular flexibility index (Phi) is 5.19. The van der Waals surface area contributed by atoms with Crippen LogP contribution < -0.4 is 10.6 Å². The fraction of sp³-hybridized carbons (Fsp3) is 0.500. The molecule has 1 aromatic carbocycles. The molecule has 0 bridgehead atoms. The number of para-hydroxylation sites is 1. The average molecular weight is 311 g/mol. The molecule has 0 radical (unpaired) electrons. The summed E-state index contributed by atoms with van der Waals surface area (Å²) >= 11 is 0. The summed E-state index contributed by atoms with van der Waals surface area (Å²) in [6.07, 6.45) is 1.28. The van der Waals surface area contributed by atoms with E-state index in [4.69, 9.17) is 0 Å². The monoisotopic (exact) mass is 311 g/mol. The number of benzene rings is 1. The topological polar surface area (TPSA) is 78.5 Å². The van der Waals surface area contributed by atoms with Crippen LogP contribution in [-0.4, -0.2) is 43.6 Å². The highest BCUT2D eigenvalue weighted by Gasteiger charge is 2.27. The van der Waals surface area contributed by atoms with Crippen molar-refractivity contribution in [2.24, 2.45) is 0 Å². The highest BCUT2D eigenvalue weighted by atomic mass is 32.2. The molecule has 1 fully saturated rings. The third kappa shape index (κ3) is 4.44. The summed E-state index contributed by atoms with van der Waals surface area (Å²) in [4.78, 5) is 11.9. The van der Waals surface area contributed by atoms with Crippen molar-refractivity contribution in [3.63, 3.8) is 0 Å². The molecule has 1 aliphatic rings. The van der Waals surface area contributed by atoms with Crippen molar-refractivity contribution in [1.29, 1.82) is 0 Å². The van der Waals surface area contributed by atoms with E-state index >= 15 is 0 Å². The minimum absolute atomic E-state index is 0.0111. The number of hydrogen-bond acceptors (Lipinski definition) is 3. The van der Waals surface area contributed by atoms with Crippen LogP contribution in [0.25, 0.3) is 0 Å². The summed E-state index contributed by atoms with van der Waals surface area (Å²) in [5.74, 6) is 0.125. The van der Waals surface area contributed by atoms with Gasteiger partial charge >= 0.3 is 6.03 Å². The molecule has 1 saturated heterocycles. The van der Waals surface area contributed by atoms with Crippen LogP contribution in [0, 0.1) is 0 Å². The molecule has 0 saturated carbocycles. The van der Waals surface area contributed by atoms with Crippen molar-refractivity contribution in [3.05, 3.63) is 30.3 Å². The Balaban J connectivity index is 1.80. The lowest BCUT2D eigenvalue weighted by Crippen LogP contribution is -2.47. The molecule has 1 heterocycles. The van der Waals surface area contributed by atoms with Gasteiger partial charge in [0, 0.05) is 24.8 Å². The Bertz CT molecular complexity index is 566. The molecule has 1 aromatic rings. The first-order valence-corrected chi connectivity index (χ1v) is 8.72. The Hall–Kier alpha value is -1.60. The van der Waals surface area contributed by atoms with Crippen LogP contribution in [0.15, 0.2) is 30.3 Å². The van der Waals surface area contributed by atoms with E-state index in [9.17, 15) is 13.2 Å². The van der Waals surface area contributed by atoms with Gasteiger partial charge < -0.3 is 10.6 Å². The van der Waals surface area contributed by atoms with E-state index in [1.54, 1.807) is 6.92 Å². The minimum atomic E-state index is -3.12. The summed E-state index contributed by atoms with van der Waals surface area (Å²) in [5, 5.41) is 5.65. The molecule has 21 heavy (non-hydrogen) atoms. The van der Waals surface area contributed by atoms with Gasteiger partial charge in [-0.3, -0.25) is 0 Å². The molecule has 7 heteroatoms. The molecule has 0 atom stereocenters. The van der Waals surface area contributed by atoms with E-state index in [1.807, 2.05) is 30.3 Å². The van der Waals surface area contributed by atoms with Gasteiger partial charge in [0.2, 0.25) is 10.0 Å². The highest BCUT2D eigenvalue weighted by molar-refractivity contribution is 7.89. The van der Waals surface area contributed by atoms with E-state index in [0.717, 1.165) is 5.69 Å². The normalized spacial score (nSPS) is 17.4. The average Bonchev–Trinajstić information content (AvgIpc) is 2.48. The second-order valence-electron chi connectivity index (χ2n) is 5.04. The first-order valence-electron chi connectivity index (χ1n) is 7.11. The maximum Gasteiger partial charge on any atom is 0.319 e. The molecule has 2 amide bonds. The zero-order valence-corrected chi connectivity index (χ0v) is 12.9. The number of carbonyl (C=O) groups is 1. The first-order chi connectivity index (χ1) is 10.0. The molecular formula is C14H21N3O3S. The Morgan fingerprint density at radius 2 is 1.86 bits per heavy atom. The van der Waals surface area contributed by atoms with Crippen LogP contribution in [-0.2, 0) is 10.0 Å². The lowest BCUT2D eigenvalue weighted by Gasteiger charge is -2.31. The number of rotatable bonds is 4. The summed E-state index contributed by atoms with van der Waals surface area (Å²) in [6, 6.07) is 8.97. The molecule has 116 valence electrons. The summed E-state index contributed by atoms with van der Waals surface area (Å²) in [5.41, 5.74) is 0.737. The van der Waals surface area contributed by atoms with Gasteiger partial charge in [0.05, 0.1) is 5.75 Å². The third-order valence-electron chi connectivity index (χ3n) is 3.58. The number of anilines is 1. The molecule has 0 aromatic heterocycles. The zero-order valence-electron chi connectivity index (χ0n) is 12.1. The molecule has 0 aliphatic carbocycles. The van der Waals surface area contributed by atoms with E-state index < -0.39 is 10.0 Å². The number of sulfonamides is 1. The second kappa shape index (κ2) is 6.91. The summed E-state index contributed by atoms with van der Waals surface area (Å²) < 4.78 is 25.0. The van der Waals surface area contributed by atoms with Crippen molar-refractivity contribution in [2.45, 2.75) is 25.8 Å². The number of piperidine rings is 1. The third-order valence-corrected chi connectivity index (χ3v) is 5.46. The highest BCUT2D eigenvalue weighted by Crippen LogP contribution is 2.14. The lowest BCUT2D eigenvalue weighted by atomic mass is 10.1. The van der Waals surface area contributed by atoms with E-state index in [1.165, 1.54) is 4.31 Å². The van der Waals surface area contributed by atoms with E-state index in [2.05, 4.69) is 10.6 Å². The van der Waals surface area contributed by atoms with Gasteiger partial charge in [-0.2, -0.15) is 0 Å². The van der Waals surface area contributed by atoms with Gasteiger partial charge in [-0.25, -0.2) is 17.5 Å². The number of nitrogens with zero attached hydrogens (tertiary/aromatic N) is 1. The summed E-state index contributed by atoms with van der Waals surface area (Å²) in [7, 11) is -3.12. The molecule has 6 nitrogen and oxygen atoms in total. The van der Waals surface area contributed by atoms with Gasteiger partial charge in [-0.05, 0) is 31.9 Å². The second-order valence-corrected chi connectivity index (χ2v) is 7.30. The number of urea groups is 1. The van der Waals surface area contributed by atoms with E-state index in [0.29, 0.717) is 25.9 Å². The van der Waals surface area contributed by atoms with Crippen LogP contribution >= 0.6 is 0 Å². The molecule has 1 aliphatic heterocycles. The number of hydrogen-bond donors (Lipinski definition) is 2. The summed E-state index contributed by atoms with van der Waals surface area (Å²) in [6.45, 7) is 2.58. The van der Waals surface area contributed by atoms with Crippen molar-refractivity contribution < 1.29 is 13.2 Å².